The molecule has 0 aromatic rings. The number of aliphatic hydroxyl groups excluding tert-OH is 1. The third kappa shape index (κ3) is 2.81. The maximum absolute atomic E-state index is 11.0. The number of hydrogen-bond acceptors (Lipinski definition) is 3. The van der Waals surface area contributed by atoms with Gasteiger partial charge in [-0.1, -0.05) is 71.1 Å². The van der Waals surface area contributed by atoms with Crippen molar-refractivity contribution < 1.29 is 14.6 Å². The minimum atomic E-state index is -0.426. The Labute approximate surface area is 208 Å². The lowest BCUT2D eigenvalue weighted by Gasteiger charge is -2.65. The average molecular weight is 469 g/mol. The predicted octanol–water partition coefficient (Wildman–Crippen LogP) is 7.07. The van der Waals surface area contributed by atoms with Crippen LogP contribution in [0.2, 0.25) is 0 Å². The third-order valence-corrected chi connectivity index (χ3v) is 12.3. The van der Waals surface area contributed by atoms with Crippen LogP contribution in [0.3, 0.4) is 0 Å². The average Bonchev–Trinajstić information content (AvgIpc) is 3.15. The molecular formula is C31H48O3. The maximum atomic E-state index is 11.0. The molecule has 34 heavy (non-hydrogen) atoms. The second kappa shape index (κ2) is 7.80. The van der Waals surface area contributed by atoms with Crippen molar-refractivity contribution in [1.82, 2.24) is 0 Å². The summed E-state index contributed by atoms with van der Waals surface area (Å²) in [5.41, 5.74) is 0.945. The van der Waals surface area contributed by atoms with Gasteiger partial charge in [0.25, 0.3) is 0 Å². The summed E-state index contributed by atoms with van der Waals surface area (Å²) in [6.45, 7) is 18.2. The van der Waals surface area contributed by atoms with Crippen molar-refractivity contribution >= 4 is 0 Å². The lowest BCUT2D eigenvalue weighted by atomic mass is 9.38. The Kier molecular flexibility index (Phi) is 5.68. The van der Waals surface area contributed by atoms with E-state index in [4.69, 9.17) is 9.47 Å². The fourth-order valence-corrected chi connectivity index (χ4v) is 10.1. The van der Waals surface area contributed by atoms with Crippen LogP contribution in [0.5, 0.6) is 0 Å². The Morgan fingerprint density at radius 3 is 2.56 bits per heavy atom. The number of aliphatic hydroxyl groups is 1. The standard InChI is InChI=1S/C31H48O3/c1-20(2)10-9-11-21(3)22-14-16-29(7)23-15-17-31-24(12-13-25(32)27(31,4)5)30(23,26(33-8)34-31)19-18-28(22,29)6/h9-10,15,17,21-26,32H,1,11-14,16,18-19H2,2-8H3/b10-9+/t21-,22-,23+,24+,25+,26-,28-,29+,30?,31+/m1/s1. The zero-order chi connectivity index (χ0) is 24.7. The third-order valence-electron chi connectivity index (χ3n) is 12.3. The van der Waals surface area contributed by atoms with E-state index in [1.807, 2.05) is 7.11 Å². The van der Waals surface area contributed by atoms with Crippen LogP contribution in [-0.2, 0) is 9.47 Å². The molecule has 4 aliphatic carbocycles. The van der Waals surface area contributed by atoms with Crippen LogP contribution < -0.4 is 0 Å². The van der Waals surface area contributed by atoms with Gasteiger partial charge in [-0.05, 0) is 80.5 Å². The van der Waals surface area contributed by atoms with Crippen LogP contribution in [0.1, 0.15) is 86.5 Å². The molecule has 5 aliphatic rings. The van der Waals surface area contributed by atoms with Gasteiger partial charge < -0.3 is 14.6 Å². The van der Waals surface area contributed by atoms with E-state index in [0.29, 0.717) is 23.2 Å². The van der Waals surface area contributed by atoms with Gasteiger partial charge >= 0.3 is 0 Å². The summed E-state index contributed by atoms with van der Waals surface area (Å²) in [4.78, 5) is 0. The summed E-state index contributed by atoms with van der Waals surface area (Å²) in [7, 11) is 1.84. The van der Waals surface area contributed by atoms with Crippen LogP contribution in [0.4, 0.5) is 0 Å². The number of methoxy groups -OCH3 is 1. The SMILES string of the molecule is C=C(C)/C=C/C[C@@H](C)[C@H]1CC[C@@]2(C)[C@@H]3C=C[C@]45O[C@@H](OC)C3(CC[C@]12C)[C@@H]4CC[C@H](O)C5(C)C. The van der Waals surface area contributed by atoms with E-state index in [2.05, 4.69) is 72.4 Å². The molecule has 0 amide bonds. The fraction of sp³-hybridized carbons (Fsp3) is 0.806. The van der Waals surface area contributed by atoms with Gasteiger partial charge in [-0.3, -0.25) is 0 Å². The van der Waals surface area contributed by atoms with E-state index in [1.165, 1.54) is 19.3 Å². The van der Waals surface area contributed by atoms with E-state index in [-0.39, 0.29) is 28.6 Å². The molecule has 3 saturated carbocycles. The van der Waals surface area contributed by atoms with Gasteiger partial charge in [0.15, 0.2) is 6.29 Å². The molecule has 3 heteroatoms. The molecule has 3 nitrogen and oxygen atoms in total. The lowest BCUT2D eigenvalue weighted by Crippen LogP contribution is -2.65. The second-order valence-electron chi connectivity index (χ2n) is 13.7. The van der Waals surface area contributed by atoms with Crippen LogP contribution in [0.15, 0.2) is 36.5 Å². The molecule has 1 saturated heterocycles. The number of rotatable bonds is 5. The first-order chi connectivity index (χ1) is 15.9. The van der Waals surface area contributed by atoms with Crippen molar-refractivity contribution in [2.45, 2.75) is 104 Å². The van der Waals surface area contributed by atoms with Gasteiger partial charge in [-0.2, -0.15) is 0 Å². The lowest BCUT2D eigenvalue weighted by molar-refractivity contribution is -0.225. The Morgan fingerprint density at radius 2 is 1.88 bits per heavy atom. The number of fused-ring (bicyclic) bond motifs is 2. The molecule has 4 fully saturated rings. The second-order valence-corrected chi connectivity index (χ2v) is 13.7. The minimum absolute atomic E-state index is 0.00710. The first kappa shape index (κ1) is 24.8. The minimum Gasteiger partial charge on any atom is -0.392 e. The summed E-state index contributed by atoms with van der Waals surface area (Å²) in [6, 6.07) is 0. The van der Waals surface area contributed by atoms with Crippen molar-refractivity contribution in [3.63, 3.8) is 0 Å². The molecule has 2 bridgehead atoms. The summed E-state index contributed by atoms with van der Waals surface area (Å²) in [5.74, 6) is 2.27. The maximum Gasteiger partial charge on any atom is 0.164 e. The molecule has 1 aliphatic heterocycles. The van der Waals surface area contributed by atoms with E-state index in [1.54, 1.807) is 0 Å². The van der Waals surface area contributed by atoms with Gasteiger partial charge in [0.2, 0.25) is 0 Å². The quantitative estimate of drug-likeness (QED) is 0.346. The molecule has 1 heterocycles. The van der Waals surface area contributed by atoms with Gasteiger partial charge in [0.05, 0.1) is 6.10 Å². The van der Waals surface area contributed by atoms with Gasteiger partial charge in [0, 0.05) is 23.9 Å². The number of allylic oxidation sites excluding steroid dienone is 4. The number of hydrogen-bond donors (Lipinski definition) is 1. The van der Waals surface area contributed by atoms with E-state index < -0.39 is 5.60 Å². The van der Waals surface area contributed by atoms with E-state index in [0.717, 1.165) is 37.2 Å². The van der Waals surface area contributed by atoms with Gasteiger partial charge in [-0.15, -0.1) is 0 Å². The van der Waals surface area contributed by atoms with Gasteiger partial charge in [-0.25, -0.2) is 0 Å². The monoisotopic (exact) mass is 468 g/mol. The molecule has 10 atom stereocenters. The first-order valence-electron chi connectivity index (χ1n) is 13.8. The summed E-state index contributed by atoms with van der Waals surface area (Å²) in [6.07, 6.45) is 17.0. The van der Waals surface area contributed by atoms with Crippen molar-refractivity contribution in [2.75, 3.05) is 7.11 Å². The largest absolute Gasteiger partial charge is 0.392 e. The van der Waals surface area contributed by atoms with Crippen molar-refractivity contribution in [3.05, 3.63) is 36.5 Å². The molecule has 190 valence electrons. The molecule has 0 aromatic heterocycles. The Hall–Kier alpha value is -0.900. The summed E-state index contributed by atoms with van der Waals surface area (Å²) >= 11 is 0. The van der Waals surface area contributed by atoms with E-state index >= 15 is 0 Å². The molecule has 5 rings (SSSR count). The van der Waals surface area contributed by atoms with Crippen LogP contribution >= 0.6 is 0 Å². The molecule has 1 N–H and O–H groups in total. The highest BCUT2D eigenvalue weighted by Gasteiger charge is 2.78. The smallest absolute Gasteiger partial charge is 0.164 e. The zero-order valence-electron chi connectivity index (χ0n) is 22.7. The van der Waals surface area contributed by atoms with E-state index in [9.17, 15) is 5.11 Å². The zero-order valence-corrected chi connectivity index (χ0v) is 22.7. The molecule has 1 unspecified atom stereocenters. The van der Waals surface area contributed by atoms with Crippen molar-refractivity contribution in [3.8, 4) is 0 Å². The van der Waals surface area contributed by atoms with Crippen LogP contribution in [0.25, 0.3) is 0 Å². The fourth-order valence-electron chi connectivity index (χ4n) is 10.1. The normalized spacial score (nSPS) is 51.7. The highest BCUT2D eigenvalue weighted by atomic mass is 16.7. The Morgan fingerprint density at radius 1 is 1.15 bits per heavy atom. The van der Waals surface area contributed by atoms with Crippen molar-refractivity contribution in [1.29, 1.82) is 0 Å². The number of ether oxygens (including phenoxy) is 2. The highest BCUT2D eigenvalue weighted by Crippen LogP contribution is 2.78. The topological polar surface area (TPSA) is 38.7 Å². The molecule has 0 aromatic carbocycles. The summed E-state index contributed by atoms with van der Waals surface area (Å²) < 4.78 is 13.2. The molecular weight excluding hydrogens is 420 g/mol. The predicted molar refractivity (Wildman–Crippen MR) is 138 cm³/mol. The molecule has 0 radical (unpaired) electrons. The summed E-state index contributed by atoms with van der Waals surface area (Å²) in [5, 5.41) is 11.0. The molecule has 1 spiro atoms. The van der Waals surface area contributed by atoms with Crippen molar-refractivity contribution in [2.24, 2.45) is 45.3 Å². The Bertz CT molecular complexity index is 902. The Balaban J connectivity index is 1.54. The van der Waals surface area contributed by atoms with Crippen LogP contribution in [-0.4, -0.2) is 30.2 Å². The highest BCUT2D eigenvalue weighted by molar-refractivity contribution is 5.34. The van der Waals surface area contributed by atoms with Gasteiger partial charge in [0.1, 0.15) is 5.60 Å². The van der Waals surface area contributed by atoms with Crippen LogP contribution in [0, 0.1) is 45.3 Å². The first-order valence-corrected chi connectivity index (χ1v) is 13.8.